The summed E-state index contributed by atoms with van der Waals surface area (Å²) >= 11 is 0. The minimum absolute atomic E-state index is 0.120. The van der Waals surface area contributed by atoms with Gasteiger partial charge in [0, 0.05) is 55.4 Å². The number of pyridine rings is 1. The number of rotatable bonds is 5. The van der Waals surface area contributed by atoms with Crippen molar-refractivity contribution in [2.45, 2.75) is 4.90 Å². The molecule has 1 aliphatic heterocycles. The van der Waals surface area contributed by atoms with Crippen molar-refractivity contribution >= 4 is 27.5 Å². The minimum atomic E-state index is -3.66. The molecule has 0 atom stereocenters. The highest BCUT2D eigenvalue weighted by atomic mass is 32.2. The number of aromatic nitrogens is 1. The molecule has 0 aliphatic carbocycles. The van der Waals surface area contributed by atoms with Crippen LogP contribution in [-0.2, 0) is 10.0 Å². The molecule has 170 valence electrons. The molecule has 1 fully saturated rings. The van der Waals surface area contributed by atoms with Gasteiger partial charge in [-0.05, 0) is 54.6 Å². The normalized spacial score (nSPS) is 14.6. The third-order valence-electron chi connectivity index (χ3n) is 5.27. The van der Waals surface area contributed by atoms with Crippen molar-refractivity contribution in [1.82, 2.24) is 14.2 Å². The van der Waals surface area contributed by atoms with E-state index >= 15 is 0 Å². The zero-order valence-corrected chi connectivity index (χ0v) is 18.3. The predicted octanol–water partition coefficient (Wildman–Crippen LogP) is 2.62. The molecule has 0 spiro atoms. The fourth-order valence-electron chi connectivity index (χ4n) is 3.50. The minimum Gasteiger partial charge on any atom is -0.336 e. The van der Waals surface area contributed by atoms with Gasteiger partial charge < -0.3 is 10.2 Å². The molecular formula is C23H21FN4O4S. The van der Waals surface area contributed by atoms with Gasteiger partial charge in [-0.25, -0.2) is 12.8 Å². The number of nitrogens with zero attached hydrogens (tertiary/aromatic N) is 3. The second kappa shape index (κ2) is 9.47. The quantitative estimate of drug-likeness (QED) is 0.621. The second-order valence-corrected chi connectivity index (χ2v) is 9.36. The van der Waals surface area contributed by atoms with Crippen molar-refractivity contribution in [3.05, 3.63) is 90.0 Å². The molecule has 0 bridgehead atoms. The fraction of sp³-hybridized carbons (Fsp3) is 0.174. The first kappa shape index (κ1) is 22.6. The van der Waals surface area contributed by atoms with E-state index < -0.39 is 21.7 Å². The van der Waals surface area contributed by atoms with Crippen molar-refractivity contribution in [2.75, 3.05) is 31.5 Å². The lowest BCUT2D eigenvalue weighted by Crippen LogP contribution is -2.50. The molecule has 1 N–H and O–H groups in total. The first-order valence-electron chi connectivity index (χ1n) is 10.2. The molecule has 0 radical (unpaired) electrons. The van der Waals surface area contributed by atoms with E-state index in [-0.39, 0.29) is 37.0 Å². The Morgan fingerprint density at radius 2 is 1.64 bits per heavy atom. The average molecular weight is 469 g/mol. The van der Waals surface area contributed by atoms with E-state index in [0.717, 1.165) is 0 Å². The van der Waals surface area contributed by atoms with Crippen LogP contribution >= 0.6 is 0 Å². The summed E-state index contributed by atoms with van der Waals surface area (Å²) in [6, 6.07) is 14.7. The number of piperazine rings is 1. The number of hydrogen-bond acceptors (Lipinski definition) is 5. The number of carbonyl (C=O) groups excluding carboxylic acids is 2. The van der Waals surface area contributed by atoms with Crippen LogP contribution in [0.15, 0.2) is 78.0 Å². The van der Waals surface area contributed by atoms with Crippen LogP contribution in [0.4, 0.5) is 10.1 Å². The summed E-state index contributed by atoms with van der Waals surface area (Å²) < 4.78 is 39.9. The summed E-state index contributed by atoms with van der Waals surface area (Å²) in [5.41, 5.74) is 1.09. The molecule has 10 heteroatoms. The third-order valence-corrected chi connectivity index (χ3v) is 7.15. The van der Waals surface area contributed by atoms with Crippen molar-refractivity contribution in [2.24, 2.45) is 0 Å². The Bertz CT molecular complexity index is 1260. The van der Waals surface area contributed by atoms with Crippen LogP contribution < -0.4 is 5.32 Å². The Morgan fingerprint density at radius 1 is 0.909 bits per heavy atom. The number of halogens is 1. The summed E-state index contributed by atoms with van der Waals surface area (Å²) in [5.74, 6) is -1.12. The topological polar surface area (TPSA) is 99.7 Å². The number of amides is 2. The SMILES string of the molecule is O=C(Nc1cccc(C(=O)N2CCN(S(=O)(=O)c3cccnc3)CC2)c1)c1ccc(F)cc1. The van der Waals surface area contributed by atoms with Crippen LogP contribution in [0.2, 0.25) is 0 Å². The molecule has 2 heterocycles. The van der Waals surface area contributed by atoms with Gasteiger partial charge >= 0.3 is 0 Å². The molecule has 33 heavy (non-hydrogen) atoms. The molecule has 1 aliphatic rings. The third kappa shape index (κ3) is 5.07. The number of carbonyl (C=O) groups is 2. The molecule has 8 nitrogen and oxygen atoms in total. The van der Waals surface area contributed by atoms with Crippen LogP contribution in [0.5, 0.6) is 0 Å². The molecule has 0 saturated carbocycles. The molecule has 2 aromatic carbocycles. The van der Waals surface area contributed by atoms with Gasteiger partial charge in [0.15, 0.2) is 0 Å². The van der Waals surface area contributed by atoms with Crippen molar-refractivity contribution in [1.29, 1.82) is 0 Å². The summed E-state index contributed by atoms with van der Waals surface area (Å²) in [6.45, 7) is 0.822. The molecule has 2 amide bonds. The first-order chi connectivity index (χ1) is 15.8. The van der Waals surface area contributed by atoms with Gasteiger partial charge in [-0.3, -0.25) is 14.6 Å². The summed E-state index contributed by atoms with van der Waals surface area (Å²) in [4.78, 5) is 30.9. The van der Waals surface area contributed by atoms with E-state index in [4.69, 9.17) is 0 Å². The van der Waals surface area contributed by atoms with Gasteiger partial charge in [0.25, 0.3) is 11.8 Å². The van der Waals surface area contributed by atoms with Crippen LogP contribution in [-0.4, -0.2) is 60.6 Å². The summed E-state index contributed by atoms with van der Waals surface area (Å²) in [5, 5.41) is 2.70. The monoisotopic (exact) mass is 468 g/mol. The van der Waals surface area contributed by atoms with E-state index in [2.05, 4.69) is 10.3 Å². The number of benzene rings is 2. The number of nitrogens with one attached hydrogen (secondary N) is 1. The highest BCUT2D eigenvalue weighted by Crippen LogP contribution is 2.19. The Labute approximate surface area is 190 Å². The Kier molecular flexibility index (Phi) is 6.47. The largest absolute Gasteiger partial charge is 0.336 e. The van der Waals surface area contributed by atoms with Gasteiger partial charge in [0.05, 0.1) is 0 Å². The highest BCUT2D eigenvalue weighted by Gasteiger charge is 2.30. The van der Waals surface area contributed by atoms with E-state index in [1.807, 2.05) is 0 Å². The predicted molar refractivity (Wildman–Crippen MR) is 120 cm³/mol. The molecule has 4 rings (SSSR count). The maximum absolute atomic E-state index is 13.1. The van der Waals surface area contributed by atoms with Crippen molar-refractivity contribution in [3.8, 4) is 0 Å². The average Bonchev–Trinajstić information content (AvgIpc) is 2.85. The number of hydrogen-bond donors (Lipinski definition) is 1. The van der Waals surface area contributed by atoms with Crippen molar-refractivity contribution in [3.63, 3.8) is 0 Å². The molecule has 3 aromatic rings. The van der Waals surface area contributed by atoms with Gasteiger partial charge in [-0.2, -0.15) is 4.31 Å². The number of sulfonamides is 1. The standard InChI is InChI=1S/C23H21FN4O4S/c24-19-8-6-17(7-9-19)22(29)26-20-4-1-3-18(15-20)23(30)27-11-13-28(14-12-27)33(31,32)21-5-2-10-25-16-21/h1-10,15-16H,11-14H2,(H,26,29). The zero-order valence-electron chi connectivity index (χ0n) is 17.5. The Balaban J connectivity index is 1.40. The van der Waals surface area contributed by atoms with Gasteiger partial charge in [-0.1, -0.05) is 6.07 Å². The molecular weight excluding hydrogens is 447 g/mol. The van der Waals surface area contributed by atoms with Gasteiger partial charge in [-0.15, -0.1) is 0 Å². The van der Waals surface area contributed by atoms with E-state index in [9.17, 15) is 22.4 Å². The smallest absolute Gasteiger partial charge is 0.255 e. The second-order valence-electron chi connectivity index (χ2n) is 7.43. The lowest BCUT2D eigenvalue weighted by molar-refractivity contribution is 0.0697. The van der Waals surface area contributed by atoms with Crippen LogP contribution in [0.1, 0.15) is 20.7 Å². The lowest BCUT2D eigenvalue weighted by atomic mass is 10.1. The van der Waals surface area contributed by atoms with Gasteiger partial charge in [0.1, 0.15) is 10.7 Å². The summed E-state index contributed by atoms with van der Waals surface area (Å²) in [7, 11) is -3.66. The fourth-order valence-corrected chi connectivity index (χ4v) is 4.88. The van der Waals surface area contributed by atoms with Crippen LogP contribution in [0.3, 0.4) is 0 Å². The van der Waals surface area contributed by atoms with E-state index in [1.165, 1.54) is 47.0 Å². The molecule has 1 saturated heterocycles. The maximum atomic E-state index is 13.1. The maximum Gasteiger partial charge on any atom is 0.255 e. The lowest BCUT2D eigenvalue weighted by Gasteiger charge is -2.34. The molecule has 1 aromatic heterocycles. The Hall–Kier alpha value is -3.63. The highest BCUT2D eigenvalue weighted by molar-refractivity contribution is 7.89. The number of anilines is 1. The van der Waals surface area contributed by atoms with E-state index in [0.29, 0.717) is 16.8 Å². The molecule has 0 unspecified atom stereocenters. The van der Waals surface area contributed by atoms with E-state index in [1.54, 1.807) is 35.2 Å². The zero-order chi connectivity index (χ0) is 23.4. The first-order valence-corrected chi connectivity index (χ1v) is 11.6. The summed E-state index contributed by atoms with van der Waals surface area (Å²) in [6.07, 6.45) is 2.81. The van der Waals surface area contributed by atoms with Crippen LogP contribution in [0, 0.1) is 5.82 Å². The van der Waals surface area contributed by atoms with Crippen molar-refractivity contribution < 1.29 is 22.4 Å². The van der Waals surface area contributed by atoms with Gasteiger partial charge in [0.2, 0.25) is 10.0 Å². The Morgan fingerprint density at radius 3 is 2.30 bits per heavy atom. The van der Waals surface area contributed by atoms with Crippen LogP contribution in [0.25, 0.3) is 0 Å².